The Bertz CT molecular complexity index is 803. The number of benzene rings is 2. The van der Waals surface area contributed by atoms with E-state index in [1.165, 1.54) is 27.0 Å². The number of Topliss-reactive ketones (excluding diaryl/α,β-unsaturated/α-hetero) is 2. The van der Waals surface area contributed by atoms with Crippen molar-refractivity contribution in [3.8, 4) is 11.5 Å². The van der Waals surface area contributed by atoms with Gasteiger partial charge in [0.05, 0.1) is 18.2 Å². The highest BCUT2D eigenvalue weighted by atomic mass is 16.5. The molecule has 24 heavy (non-hydrogen) atoms. The number of rotatable bonds is 5. The molecule has 0 unspecified atom stereocenters. The summed E-state index contributed by atoms with van der Waals surface area (Å²) in [4.78, 5) is 23.6. The van der Waals surface area contributed by atoms with E-state index in [-0.39, 0.29) is 17.3 Å². The molecule has 0 saturated carbocycles. The van der Waals surface area contributed by atoms with Crippen molar-refractivity contribution < 1.29 is 19.4 Å². The molecule has 2 aromatic rings. The maximum atomic E-state index is 11.9. The summed E-state index contributed by atoms with van der Waals surface area (Å²) in [6.07, 6.45) is 0. The van der Waals surface area contributed by atoms with Crippen molar-refractivity contribution in [2.75, 3.05) is 7.11 Å². The van der Waals surface area contributed by atoms with Gasteiger partial charge in [-0.2, -0.15) is 0 Å². The van der Waals surface area contributed by atoms with Crippen molar-refractivity contribution in [3.05, 3.63) is 58.7 Å². The van der Waals surface area contributed by atoms with E-state index in [1.54, 1.807) is 18.2 Å². The molecule has 2 aromatic carbocycles. The molecule has 0 aliphatic heterocycles. The number of methoxy groups -OCH3 is 1. The SMILES string of the molecule is COc1ccc(C(C)(C)c2ccc(O)c(C(C)=O)c2)cc1C(C)=O. The van der Waals surface area contributed by atoms with Crippen LogP contribution in [-0.2, 0) is 5.41 Å². The second-order valence-corrected chi connectivity index (χ2v) is 6.38. The normalized spacial score (nSPS) is 11.2. The highest BCUT2D eigenvalue weighted by molar-refractivity contribution is 5.97. The van der Waals surface area contributed by atoms with Gasteiger partial charge in [0, 0.05) is 5.41 Å². The van der Waals surface area contributed by atoms with Crippen LogP contribution in [0.2, 0.25) is 0 Å². The Kier molecular flexibility index (Phi) is 4.78. The van der Waals surface area contributed by atoms with Crippen molar-refractivity contribution in [3.63, 3.8) is 0 Å². The highest BCUT2D eigenvalue weighted by Gasteiger charge is 2.26. The summed E-state index contributed by atoms with van der Waals surface area (Å²) in [7, 11) is 1.53. The first-order chi connectivity index (χ1) is 11.2. The lowest BCUT2D eigenvalue weighted by Gasteiger charge is -2.27. The van der Waals surface area contributed by atoms with E-state index < -0.39 is 5.41 Å². The van der Waals surface area contributed by atoms with Crippen LogP contribution in [0.4, 0.5) is 0 Å². The quantitative estimate of drug-likeness (QED) is 0.839. The molecule has 0 aliphatic rings. The highest BCUT2D eigenvalue weighted by Crippen LogP contribution is 2.36. The smallest absolute Gasteiger partial charge is 0.163 e. The molecule has 0 aliphatic carbocycles. The molecule has 0 atom stereocenters. The molecule has 0 saturated heterocycles. The van der Waals surface area contributed by atoms with Crippen LogP contribution in [0.15, 0.2) is 36.4 Å². The molecule has 0 fully saturated rings. The molecule has 0 amide bonds. The fourth-order valence-electron chi connectivity index (χ4n) is 2.75. The molecule has 126 valence electrons. The summed E-state index contributed by atoms with van der Waals surface area (Å²) in [5, 5.41) is 9.84. The Morgan fingerprint density at radius 3 is 1.92 bits per heavy atom. The monoisotopic (exact) mass is 326 g/mol. The van der Waals surface area contributed by atoms with Gasteiger partial charge >= 0.3 is 0 Å². The van der Waals surface area contributed by atoms with Gasteiger partial charge in [-0.3, -0.25) is 9.59 Å². The van der Waals surface area contributed by atoms with E-state index in [0.29, 0.717) is 16.9 Å². The van der Waals surface area contributed by atoms with Crippen LogP contribution < -0.4 is 4.74 Å². The number of ketones is 2. The van der Waals surface area contributed by atoms with Crippen LogP contribution in [0, 0.1) is 0 Å². The molecule has 0 aromatic heterocycles. The molecule has 1 N–H and O–H groups in total. The third-order valence-electron chi connectivity index (χ3n) is 4.40. The van der Waals surface area contributed by atoms with Crippen LogP contribution in [0.25, 0.3) is 0 Å². The van der Waals surface area contributed by atoms with Crippen molar-refractivity contribution in [1.29, 1.82) is 0 Å². The van der Waals surface area contributed by atoms with Gasteiger partial charge < -0.3 is 9.84 Å². The Morgan fingerprint density at radius 1 is 0.917 bits per heavy atom. The number of phenols is 1. The predicted octanol–water partition coefficient (Wildman–Crippen LogP) is 4.13. The summed E-state index contributed by atoms with van der Waals surface area (Å²) in [6.45, 7) is 6.94. The van der Waals surface area contributed by atoms with Gasteiger partial charge in [0.15, 0.2) is 11.6 Å². The van der Waals surface area contributed by atoms with Gasteiger partial charge in [-0.1, -0.05) is 26.0 Å². The van der Waals surface area contributed by atoms with Crippen LogP contribution >= 0.6 is 0 Å². The van der Waals surface area contributed by atoms with E-state index in [2.05, 4.69) is 0 Å². The zero-order valence-electron chi connectivity index (χ0n) is 14.6. The Balaban J connectivity index is 2.58. The number of carbonyl (C=O) groups is 2. The van der Waals surface area contributed by atoms with Crippen LogP contribution in [0.3, 0.4) is 0 Å². The molecular formula is C20H22O4. The maximum absolute atomic E-state index is 11.9. The summed E-state index contributed by atoms with van der Waals surface area (Å²) in [6, 6.07) is 10.5. The van der Waals surface area contributed by atoms with E-state index in [1.807, 2.05) is 26.0 Å². The summed E-state index contributed by atoms with van der Waals surface area (Å²) in [5.74, 6) is 0.252. The van der Waals surface area contributed by atoms with Gasteiger partial charge in [-0.25, -0.2) is 0 Å². The first-order valence-corrected chi connectivity index (χ1v) is 7.72. The number of ether oxygens (including phenoxy) is 1. The first kappa shape index (κ1) is 17.7. The second kappa shape index (κ2) is 6.48. The third-order valence-corrected chi connectivity index (χ3v) is 4.40. The maximum Gasteiger partial charge on any atom is 0.163 e. The van der Waals surface area contributed by atoms with Gasteiger partial charge in [0.1, 0.15) is 11.5 Å². The fourth-order valence-corrected chi connectivity index (χ4v) is 2.75. The van der Waals surface area contributed by atoms with Gasteiger partial charge in [0.2, 0.25) is 0 Å². The number of hydrogen-bond donors (Lipinski definition) is 1. The minimum atomic E-state index is -0.450. The molecule has 0 bridgehead atoms. The van der Waals surface area contributed by atoms with Crippen molar-refractivity contribution in [2.45, 2.75) is 33.1 Å². The minimum absolute atomic E-state index is 0.0267. The zero-order valence-corrected chi connectivity index (χ0v) is 14.6. The summed E-state index contributed by atoms with van der Waals surface area (Å²) >= 11 is 0. The van der Waals surface area contributed by atoms with Crippen LogP contribution in [0.1, 0.15) is 59.5 Å². The molecule has 2 rings (SSSR count). The van der Waals surface area contributed by atoms with Crippen LogP contribution in [0.5, 0.6) is 11.5 Å². The van der Waals surface area contributed by atoms with Crippen LogP contribution in [-0.4, -0.2) is 23.8 Å². The van der Waals surface area contributed by atoms with E-state index in [4.69, 9.17) is 4.74 Å². The molecular weight excluding hydrogens is 304 g/mol. The second-order valence-electron chi connectivity index (χ2n) is 6.38. The number of carbonyl (C=O) groups excluding carboxylic acids is 2. The number of phenolic OH excluding ortho intramolecular Hbond substituents is 1. The lowest BCUT2D eigenvalue weighted by molar-refractivity contribution is 0.100. The Labute approximate surface area is 142 Å². The average molecular weight is 326 g/mol. The number of hydrogen-bond acceptors (Lipinski definition) is 4. The van der Waals surface area contributed by atoms with E-state index in [9.17, 15) is 14.7 Å². The van der Waals surface area contributed by atoms with Gasteiger partial charge in [-0.15, -0.1) is 0 Å². The first-order valence-electron chi connectivity index (χ1n) is 7.72. The minimum Gasteiger partial charge on any atom is -0.507 e. The van der Waals surface area contributed by atoms with Crippen molar-refractivity contribution in [2.24, 2.45) is 0 Å². The molecule has 0 radical (unpaired) electrons. The average Bonchev–Trinajstić information content (AvgIpc) is 2.53. The zero-order chi connectivity index (χ0) is 18.1. The number of aromatic hydroxyl groups is 1. The predicted molar refractivity (Wildman–Crippen MR) is 93.2 cm³/mol. The molecule has 0 heterocycles. The molecule has 4 heteroatoms. The van der Waals surface area contributed by atoms with E-state index >= 15 is 0 Å². The summed E-state index contributed by atoms with van der Waals surface area (Å²) in [5.41, 5.74) is 2.17. The summed E-state index contributed by atoms with van der Waals surface area (Å²) < 4.78 is 5.25. The van der Waals surface area contributed by atoms with E-state index in [0.717, 1.165) is 11.1 Å². The topological polar surface area (TPSA) is 63.6 Å². The van der Waals surface area contributed by atoms with Crippen molar-refractivity contribution >= 4 is 11.6 Å². The van der Waals surface area contributed by atoms with Gasteiger partial charge in [0.25, 0.3) is 0 Å². The lowest BCUT2D eigenvalue weighted by Crippen LogP contribution is -2.20. The van der Waals surface area contributed by atoms with Crippen molar-refractivity contribution in [1.82, 2.24) is 0 Å². The third kappa shape index (κ3) is 3.18. The fraction of sp³-hybridized carbons (Fsp3) is 0.300. The van der Waals surface area contributed by atoms with Gasteiger partial charge in [-0.05, 0) is 49.2 Å². The largest absolute Gasteiger partial charge is 0.507 e. The Hall–Kier alpha value is -2.62. The molecule has 4 nitrogen and oxygen atoms in total. The standard InChI is InChI=1S/C20H22O4/c1-12(21)16-10-14(6-8-18(16)23)20(3,4)15-7-9-19(24-5)17(11-15)13(2)22/h6-11,23H,1-5H3. The molecule has 0 spiro atoms. The lowest BCUT2D eigenvalue weighted by atomic mass is 9.76. The Morgan fingerprint density at radius 2 is 1.42 bits per heavy atom.